The highest BCUT2D eigenvalue weighted by Gasteiger charge is 2.43. The Morgan fingerprint density at radius 3 is 2.80 bits per heavy atom. The van der Waals surface area contributed by atoms with E-state index in [2.05, 4.69) is 36.5 Å². The monoisotopic (exact) mass is 203 g/mol. The molecule has 2 fully saturated rings. The van der Waals surface area contributed by atoms with Crippen LogP contribution in [0, 0.1) is 11.3 Å². The fourth-order valence-electron chi connectivity index (χ4n) is 3.79. The van der Waals surface area contributed by atoms with E-state index in [0.29, 0.717) is 5.41 Å². The molecule has 1 nitrogen and oxygen atoms in total. The first-order valence-electron chi connectivity index (χ1n) is 6.38. The van der Waals surface area contributed by atoms with Gasteiger partial charge in [-0.1, -0.05) is 31.2 Å². The zero-order valence-electron chi connectivity index (χ0n) is 9.58. The second-order valence-electron chi connectivity index (χ2n) is 5.73. The molecule has 2 saturated heterocycles. The van der Waals surface area contributed by atoms with E-state index in [1.165, 1.54) is 32.1 Å². The Bertz CT molecular complexity index is 304. The van der Waals surface area contributed by atoms with Crippen molar-refractivity contribution in [3.05, 3.63) is 24.3 Å². The largest absolute Gasteiger partial charge is 0.311 e. The molecule has 15 heavy (non-hydrogen) atoms. The number of hydrogen-bond donors (Lipinski definition) is 1. The second-order valence-corrected chi connectivity index (χ2v) is 5.73. The molecular formula is C14H21N. The van der Waals surface area contributed by atoms with E-state index >= 15 is 0 Å². The fourth-order valence-corrected chi connectivity index (χ4v) is 3.79. The van der Waals surface area contributed by atoms with Gasteiger partial charge in [0.25, 0.3) is 0 Å². The van der Waals surface area contributed by atoms with Gasteiger partial charge in [-0.15, -0.1) is 0 Å². The van der Waals surface area contributed by atoms with Gasteiger partial charge in [0.05, 0.1) is 0 Å². The molecule has 4 atom stereocenters. The lowest BCUT2D eigenvalue weighted by Gasteiger charge is -2.42. The van der Waals surface area contributed by atoms with Crippen LogP contribution in [0.25, 0.3) is 0 Å². The molecule has 0 radical (unpaired) electrons. The lowest BCUT2D eigenvalue weighted by Crippen LogP contribution is -2.46. The van der Waals surface area contributed by atoms with E-state index < -0.39 is 0 Å². The van der Waals surface area contributed by atoms with Crippen LogP contribution in [-0.4, -0.2) is 12.1 Å². The van der Waals surface area contributed by atoms with Gasteiger partial charge in [-0.2, -0.15) is 0 Å². The average molecular weight is 203 g/mol. The summed E-state index contributed by atoms with van der Waals surface area (Å²) in [6, 6.07) is 1.64. The summed E-state index contributed by atoms with van der Waals surface area (Å²) in [6.07, 6.45) is 16.1. The maximum Gasteiger partial charge on any atom is 0.0107 e. The van der Waals surface area contributed by atoms with Crippen LogP contribution in [0.2, 0.25) is 0 Å². The summed E-state index contributed by atoms with van der Waals surface area (Å²) in [4.78, 5) is 0. The fraction of sp³-hybridized carbons (Fsp3) is 0.714. The van der Waals surface area contributed by atoms with Crippen LogP contribution in [0.4, 0.5) is 0 Å². The molecule has 1 aliphatic carbocycles. The van der Waals surface area contributed by atoms with Crippen LogP contribution in [0.5, 0.6) is 0 Å². The van der Waals surface area contributed by atoms with E-state index in [-0.39, 0.29) is 0 Å². The van der Waals surface area contributed by atoms with Gasteiger partial charge in [0.2, 0.25) is 0 Å². The van der Waals surface area contributed by atoms with E-state index in [1.807, 2.05) is 0 Å². The Kier molecular flexibility index (Phi) is 2.24. The van der Waals surface area contributed by atoms with Crippen molar-refractivity contribution in [1.82, 2.24) is 5.32 Å². The highest BCUT2D eigenvalue weighted by Crippen LogP contribution is 2.45. The molecule has 3 rings (SSSR count). The standard InChI is InChI=1S/C14H21N/c1-14(9-3-2-4-10-14)12-7-5-11-6-8-13(12)15-11/h2-4,9,11-13,15H,5-8,10H2,1H3. The van der Waals surface area contributed by atoms with E-state index in [0.717, 1.165) is 18.0 Å². The van der Waals surface area contributed by atoms with Crippen molar-refractivity contribution in [3.63, 3.8) is 0 Å². The molecule has 1 N–H and O–H groups in total. The minimum absolute atomic E-state index is 0.418. The Hall–Kier alpha value is -0.560. The minimum Gasteiger partial charge on any atom is -0.311 e. The molecule has 0 aromatic carbocycles. The maximum absolute atomic E-state index is 3.80. The van der Waals surface area contributed by atoms with Gasteiger partial charge in [-0.3, -0.25) is 0 Å². The second kappa shape index (κ2) is 3.48. The van der Waals surface area contributed by atoms with Crippen molar-refractivity contribution >= 4 is 0 Å². The van der Waals surface area contributed by atoms with E-state index in [4.69, 9.17) is 0 Å². The summed E-state index contributed by atoms with van der Waals surface area (Å²) < 4.78 is 0. The van der Waals surface area contributed by atoms with Crippen LogP contribution in [-0.2, 0) is 0 Å². The number of fused-ring (bicyclic) bond motifs is 2. The van der Waals surface area contributed by atoms with Crippen LogP contribution in [0.3, 0.4) is 0 Å². The van der Waals surface area contributed by atoms with Crippen molar-refractivity contribution in [2.24, 2.45) is 11.3 Å². The summed E-state index contributed by atoms with van der Waals surface area (Å²) in [7, 11) is 0. The molecule has 2 heterocycles. The minimum atomic E-state index is 0.418. The van der Waals surface area contributed by atoms with Crippen LogP contribution < -0.4 is 5.32 Å². The summed E-state index contributed by atoms with van der Waals surface area (Å²) in [5, 5.41) is 3.80. The summed E-state index contributed by atoms with van der Waals surface area (Å²) >= 11 is 0. The number of nitrogens with one attached hydrogen (secondary N) is 1. The molecule has 0 saturated carbocycles. The zero-order chi connectivity index (χ0) is 10.3. The highest BCUT2D eigenvalue weighted by molar-refractivity contribution is 5.18. The van der Waals surface area contributed by atoms with Gasteiger partial charge in [0.1, 0.15) is 0 Å². The molecule has 82 valence electrons. The average Bonchev–Trinajstić information content (AvgIpc) is 2.61. The number of piperidine rings is 1. The molecule has 3 aliphatic rings. The molecule has 0 amide bonds. The summed E-state index contributed by atoms with van der Waals surface area (Å²) in [5.41, 5.74) is 0.418. The van der Waals surface area contributed by atoms with Crippen LogP contribution >= 0.6 is 0 Å². The van der Waals surface area contributed by atoms with Crippen molar-refractivity contribution in [2.45, 2.75) is 51.1 Å². The Morgan fingerprint density at radius 2 is 2.00 bits per heavy atom. The summed E-state index contributed by atoms with van der Waals surface area (Å²) in [6.45, 7) is 2.44. The van der Waals surface area contributed by atoms with E-state index in [1.54, 1.807) is 0 Å². The van der Waals surface area contributed by atoms with E-state index in [9.17, 15) is 0 Å². The molecule has 0 aromatic rings. The smallest absolute Gasteiger partial charge is 0.0107 e. The number of rotatable bonds is 1. The van der Waals surface area contributed by atoms with Crippen molar-refractivity contribution in [1.29, 1.82) is 0 Å². The Morgan fingerprint density at radius 1 is 1.13 bits per heavy atom. The van der Waals surface area contributed by atoms with Crippen LogP contribution in [0.1, 0.15) is 39.0 Å². The molecule has 2 aliphatic heterocycles. The highest BCUT2D eigenvalue weighted by atomic mass is 15.0. The van der Waals surface area contributed by atoms with Crippen molar-refractivity contribution in [2.75, 3.05) is 0 Å². The lowest BCUT2D eigenvalue weighted by atomic mass is 9.67. The zero-order valence-corrected chi connectivity index (χ0v) is 9.58. The molecule has 1 heteroatoms. The SMILES string of the molecule is CC1(C2CCC3CCC2N3)C=CC=CC1. The first-order chi connectivity index (χ1) is 7.28. The van der Waals surface area contributed by atoms with Crippen LogP contribution in [0.15, 0.2) is 24.3 Å². The van der Waals surface area contributed by atoms with Gasteiger partial charge in [0, 0.05) is 12.1 Å². The van der Waals surface area contributed by atoms with Crippen molar-refractivity contribution in [3.8, 4) is 0 Å². The molecule has 0 spiro atoms. The molecule has 0 aromatic heterocycles. The molecule has 4 unspecified atom stereocenters. The van der Waals surface area contributed by atoms with Gasteiger partial charge < -0.3 is 5.32 Å². The summed E-state index contributed by atoms with van der Waals surface area (Å²) in [5.74, 6) is 0.859. The van der Waals surface area contributed by atoms with Gasteiger partial charge in [-0.25, -0.2) is 0 Å². The van der Waals surface area contributed by atoms with Crippen molar-refractivity contribution < 1.29 is 0 Å². The van der Waals surface area contributed by atoms with Gasteiger partial charge >= 0.3 is 0 Å². The normalized spacial score (nSPS) is 48.5. The predicted octanol–water partition coefficient (Wildman–Crippen LogP) is 3.04. The Labute approximate surface area is 92.6 Å². The third kappa shape index (κ3) is 1.57. The van der Waals surface area contributed by atoms with Gasteiger partial charge in [0.15, 0.2) is 0 Å². The third-order valence-electron chi connectivity index (χ3n) is 4.72. The lowest BCUT2D eigenvalue weighted by molar-refractivity contribution is 0.156. The quantitative estimate of drug-likeness (QED) is 0.690. The maximum atomic E-state index is 3.80. The third-order valence-corrected chi connectivity index (χ3v) is 4.72. The first-order valence-corrected chi connectivity index (χ1v) is 6.38. The van der Waals surface area contributed by atoms with Gasteiger partial charge in [-0.05, 0) is 43.4 Å². The first kappa shape index (κ1) is 9.65. The number of hydrogen-bond acceptors (Lipinski definition) is 1. The molecular weight excluding hydrogens is 182 g/mol. The predicted molar refractivity (Wildman–Crippen MR) is 63.7 cm³/mol. The molecule has 2 bridgehead atoms. The number of allylic oxidation sites excluding steroid dienone is 4. The Balaban J connectivity index is 1.81. The topological polar surface area (TPSA) is 12.0 Å².